The third kappa shape index (κ3) is 3.77. The van der Waals surface area contributed by atoms with E-state index in [-0.39, 0.29) is 34.3 Å². The molecule has 0 fully saturated rings. The number of hydrogen-bond donors (Lipinski definition) is 3. The van der Waals surface area contributed by atoms with Crippen molar-refractivity contribution in [3.63, 3.8) is 0 Å². The molecule has 0 aliphatic heterocycles. The molecule has 0 heterocycles. The second-order valence-corrected chi connectivity index (χ2v) is 4.76. The number of carbonyl (C=O) groups is 1. The van der Waals surface area contributed by atoms with Crippen LogP contribution in [0.3, 0.4) is 0 Å². The van der Waals surface area contributed by atoms with Crippen molar-refractivity contribution in [2.75, 3.05) is 12.3 Å². The molecular weight excluding hydrogens is 275 g/mol. The van der Waals surface area contributed by atoms with Gasteiger partial charge in [0.1, 0.15) is 0 Å². The van der Waals surface area contributed by atoms with E-state index in [4.69, 9.17) is 34.0 Å². The molecule has 0 saturated carbocycles. The zero-order valence-electron chi connectivity index (χ0n) is 10.0. The fourth-order valence-corrected chi connectivity index (χ4v) is 2.01. The number of anilines is 1. The molecule has 0 bridgehead atoms. The molecule has 0 spiro atoms. The zero-order chi connectivity index (χ0) is 13.7. The van der Waals surface area contributed by atoms with E-state index in [9.17, 15) is 4.79 Å². The lowest BCUT2D eigenvalue weighted by atomic mass is 10.1. The first-order valence-electron chi connectivity index (χ1n) is 5.65. The fraction of sp³-hybridized carbons (Fsp3) is 0.417. The van der Waals surface area contributed by atoms with Crippen molar-refractivity contribution in [3.05, 3.63) is 27.7 Å². The Morgan fingerprint density at radius 3 is 2.44 bits per heavy atom. The second-order valence-electron chi connectivity index (χ2n) is 3.94. The summed E-state index contributed by atoms with van der Waals surface area (Å²) >= 11 is 11.7. The molecule has 0 aliphatic carbocycles. The molecule has 1 amide bonds. The van der Waals surface area contributed by atoms with Crippen molar-refractivity contribution in [1.82, 2.24) is 5.32 Å². The van der Waals surface area contributed by atoms with E-state index in [1.54, 1.807) is 0 Å². The van der Waals surface area contributed by atoms with Gasteiger partial charge in [-0.05, 0) is 25.0 Å². The number of rotatable bonds is 5. The summed E-state index contributed by atoms with van der Waals surface area (Å²) in [6.45, 7) is 1.96. The zero-order valence-corrected chi connectivity index (χ0v) is 11.6. The number of nitrogens with one attached hydrogen (secondary N) is 1. The van der Waals surface area contributed by atoms with E-state index in [2.05, 4.69) is 5.32 Å². The second kappa shape index (κ2) is 6.83. The van der Waals surface area contributed by atoms with Gasteiger partial charge < -0.3 is 16.2 Å². The monoisotopic (exact) mass is 290 g/mol. The van der Waals surface area contributed by atoms with E-state index in [0.29, 0.717) is 12.0 Å². The number of amides is 1. The van der Waals surface area contributed by atoms with Crippen LogP contribution in [0.25, 0.3) is 0 Å². The highest BCUT2D eigenvalue weighted by Crippen LogP contribution is 2.28. The van der Waals surface area contributed by atoms with Crippen LogP contribution >= 0.6 is 23.2 Å². The Hall–Kier alpha value is -0.970. The molecule has 100 valence electrons. The van der Waals surface area contributed by atoms with Crippen LogP contribution in [-0.4, -0.2) is 23.7 Å². The van der Waals surface area contributed by atoms with Gasteiger partial charge in [0.2, 0.25) is 0 Å². The molecule has 4 N–H and O–H groups in total. The maximum atomic E-state index is 12.0. The average molecular weight is 291 g/mol. The molecule has 1 aromatic carbocycles. The summed E-state index contributed by atoms with van der Waals surface area (Å²) in [6.07, 6.45) is 1.25. The van der Waals surface area contributed by atoms with Gasteiger partial charge in [0.15, 0.2) is 0 Å². The lowest BCUT2D eigenvalue weighted by Crippen LogP contribution is -2.35. The van der Waals surface area contributed by atoms with Crippen LogP contribution in [0.2, 0.25) is 10.0 Å². The summed E-state index contributed by atoms with van der Waals surface area (Å²) < 4.78 is 0. The molecule has 0 aliphatic rings. The Labute approximate surface area is 116 Å². The van der Waals surface area contributed by atoms with Crippen LogP contribution in [0.5, 0.6) is 0 Å². The maximum absolute atomic E-state index is 12.0. The van der Waals surface area contributed by atoms with Crippen molar-refractivity contribution in [1.29, 1.82) is 0 Å². The third-order valence-electron chi connectivity index (χ3n) is 2.65. The largest absolute Gasteiger partial charge is 0.396 e. The molecule has 1 rings (SSSR count). The Morgan fingerprint density at radius 2 is 2.00 bits per heavy atom. The summed E-state index contributed by atoms with van der Waals surface area (Å²) in [5.74, 6) is -0.279. The molecule has 1 aromatic rings. The molecular formula is C12H16Cl2N2O2. The number of nitrogens with two attached hydrogens (primary N) is 1. The average Bonchev–Trinajstić information content (AvgIpc) is 2.34. The number of carbonyl (C=O) groups excluding carboxylic acids is 1. The van der Waals surface area contributed by atoms with Gasteiger partial charge in [-0.2, -0.15) is 0 Å². The molecule has 18 heavy (non-hydrogen) atoms. The Kier molecular flexibility index (Phi) is 5.72. The topological polar surface area (TPSA) is 75.3 Å². The van der Waals surface area contributed by atoms with E-state index < -0.39 is 0 Å². The van der Waals surface area contributed by atoms with Crippen molar-refractivity contribution in [2.24, 2.45) is 0 Å². The minimum atomic E-state index is -0.279. The van der Waals surface area contributed by atoms with Gasteiger partial charge in [-0.1, -0.05) is 30.1 Å². The van der Waals surface area contributed by atoms with Gasteiger partial charge in [-0.25, -0.2) is 0 Å². The Balaban J connectivity index is 2.84. The number of benzene rings is 1. The van der Waals surface area contributed by atoms with Gasteiger partial charge in [0.05, 0.1) is 15.7 Å². The lowest BCUT2D eigenvalue weighted by molar-refractivity contribution is 0.0929. The molecule has 1 atom stereocenters. The van der Waals surface area contributed by atoms with Crippen LogP contribution in [0.1, 0.15) is 30.1 Å². The lowest BCUT2D eigenvalue weighted by Gasteiger charge is -2.16. The van der Waals surface area contributed by atoms with Gasteiger partial charge >= 0.3 is 0 Å². The highest BCUT2D eigenvalue weighted by atomic mass is 35.5. The van der Waals surface area contributed by atoms with Crippen molar-refractivity contribution >= 4 is 34.8 Å². The predicted molar refractivity (Wildman–Crippen MR) is 74.1 cm³/mol. The SMILES string of the molecule is CCC(CCO)NC(=O)c1cc(Cl)c(N)c(Cl)c1. The molecule has 0 aromatic heterocycles. The Morgan fingerprint density at radius 1 is 1.44 bits per heavy atom. The van der Waals surface area contributed by atoms with Gasteiger partial charge in [-0.15, -0.1) is 0 Å². The molecule has 4 nitrogen and oxygen atoms in total. The number of aliphatic hydroxyl groups excluding tert-OH is 1. The van der Waals surface area contributed by atoms with Crippen molar-refractivity contribution in [2.45, 2.75) is 25.8 Å². The van der Waals surface area contributed by atoms with E-state index in [1.807, 2.05) is 6.92 Å². The molecule has 0 saturated heterocycles. The first kappa shape index (κ1) is 15.1. The van der Waals surface area contributed by atoms with Gasteiger partial charge in [-0.3, -0.25) is 4.79 Å². The van der Waals surface area contributed by atoms with E-state index >= 15 is 0 Å². The van der Waals surface area contributed by atoms with Crippen molar-refractivity contribution in [3.8, 4) is 0 Å². The number of aliphatic hydroxyl groups is 1. The van der Waals surface area contributed by atoms with Crippen LogP contribution in [0, 0.1) is 0 Å². The minimum absolute atomic E-state index is 0.0298. The highest BCUT2D eigenvalue weighted by molar-refractivity contribution is 6.39. The van der Waals surface area contributed by atoms with Gasteiger partial charge in [0, 0.05) is 18.2 Å². The summed E-state index contributed by atoms with van der Waals surface area (Å²) in [7, 11) is 0. The molecule has 0 radical (unpaired) electrons. The summed E-state index contributed by atoms with van der Waals surface area (Å²) in [4.78, 5) is 12.0. The number of hydrogen-bond acceptors (Lipinski definition) is 3. The number of halogens is 2. The third-order valence-corrected chi connectivity index (χ3v) is 3.27. The summed E-state index contributed by atoms with van der Waals surface area (Å²) in [6, 6.07) is 2.88. The van der Waals surface area contributed by atoms with E-state index in [1.165, 1.54) is 12.1 Å². The summed E-state index contributed by atoms with van der Waals surface area (Å²) in [5, 5.41) is 12.2. The minimum Gasteiger partial charge on any atom is -0.396 e. The van der Waals surface area contributed by atoms with Crippen LogP contribution in [0.4, 0.5) is 5.69 Å². The maximum Gasteiger partial charge on any atom is 0.251 e. The number of nitrogen functional groups attached to an aromatic ring is 1. The normalized spacial score (nSPS) is 12.2. The van der Waals surface area contributed by atoms with Crippen LogP contribution < -0.4 is 11.1 Å². The molecule has 1 unspecified atom stereocenters. The van der Waals surface area contributed by atoms with Crippen LogP contribution in [-0.2, 0) is 0 Å². The fourth-order valence-electron chi connectivity index (χ4n) is 1.52. The van der Waals surface area contributed by atoms with Gasteiger partial charge in [0.25, 0.3) is 5.91 Å². The first-order chi connectivity index (χ1) is 8.49. The van der Waals surface area contributed by atoms with E-state index in [0.717, 1.165) is 6.42 Å². The van der Waals surface area contributed by atoms with Crippen molar-refractivity contribution < 1.29 is 9.90 Å². The molecule has 6 heteroatoms. The quantitative estimate of drug-likeness (QED) is 0.729. The van der Waals surface area contributed by atoms with Crippen LogP contribution in [0.15, 0.2) is 12.1 Å². The Bertz CT molecular complexity index is 415. The smallest absolute Gasteiger partial charge is 0.251 e. The predicted octanol–water partition coefficient (Wildman–Crippen LogP) is 2.47. The standard InChI is InChI=1S/C12H16Cl2N2O2/c1-2-8(3-4-17)16-12(18)7-5-9(13)11(15)10(14)6-7/h5-6,8,17H,2-4,15H2,1H3,(H,16,18). The highest BCUT2D eigenvalue weighted by Gasteiger charge is 2.14. The first-order valence-corrected chi connectivity index (χ1v) is 6.41. The summed E-state index contributed by atoms with van der Waals surface area (Å²) in [5.41, 5.74) is 6.22.